The summed E-state index contributed by atoms with van der Waals surface area (Å²) >= 11 is 1.48. The highest BCUT2D eigenvalue weighted by molar-refractivity contribution is 7.16. The Balaban J connectivity index is 2.11. The first-order valence-electron chi connectivity index (χ1n) is 7.61. The van der Waals surface area contributed by atoms with Gasteiger partial charge in [-0.25, -0.2) is 0 Å². The first-order valence-corrected chi connectivity index (χ1v) is 8.43. The lowest BCUT2D eigenvalue weighted by Gasteiger charge is -2.04. The second-order valence-corrected chi connectivity index (χ2v) is 6.00. The molecule has 5 nitrogen and oxygen atoms in total. The maximum atomic E-state index is 12.2. The first-order chi connectivity index (χ1) is 11.2. The molecular weight excluding hydrogens is 312 g/mol. The number of benzene rings is 1. The summed E-state index contributed by atoms with van der Waals surface area (Å²) in [5.74, 6) is 0.714. The van der Waals surface area contributed by atoms with Gasteiger partial charge in [0.15, 0.2) is 10.6 Å². The molecular formula is C17H18N2O3S. The van der Waals surface area contributed by atoms with Gasteiger partial charge in [0.2, 0.25) is 0 Å². The molecule has 0 saturated heterocycles. The highest BCUT2D eigenvalue weighted by Crippen LogP contribution is 2.23. The molecule has 0 aliphatic rings. The molecule has 0 aliphatic heterocycles. The molecule has 0 unspecified atom stereocenters. The van der Waals surface area contributed by atoms with E-state index in [0.717, 1.165) is 28.9 Å². The van der Waals surface area contributed by atoms with Crippen LogP contribution >= 0.6 is 11.3 Å². The van der Waals surface area contributed by atoms with Crippen LogP contribution < -0.4 is 9.54 Å². The Bertz CT molecular complexity index is 875. The molecule has 0 bridgehead atoms. The molecule has 0 aliphatic carbocycles. The number of hydrogen-bond donors (Lipinski definition) is 0. The van der Waals surface area contributed by atoms with Crippen LogP contribution in [0.3, 0.4) is 0 Å². The average Bonchev–Trinajstić information content (AvgIpc) is 3.17. The number of nitrogens with zero attached hydrogens (tertiary/aromatic N) is 2. The normalized spacial score (nSPS) is 12.0. The molecule has 0 saturated carbocycles. The van der Waals surface area contributed by atoms with E-state index < -0.39 is 0 Å². The van der Waals surface area contributed by atoms with E-state index in [1.165, 1.54) is 17.6 Å². The molecule has 1 amide bonds. The van der Waals surface area contributed by atoms with Gasteiger partial charge in [-0.15, -0.1) is 0 Å². The number of ether oxygens (including phenoxy) is 1. The Hall–Kier alpha value is -2.34. The average molecular weight is 330 g/mol. The number of carbonyl (C=O) groups excluding carboxylic acids is 1. The van der Waals surface area contributed by atoms with Crippen molar-refractivity contribution in [1.82, 2.24) is 4.57 Å². The fraction of sp³-hybridized carbons (Fsp3) is 0.294. The number of amides is 1. The van der Waals surface area contributed by atoms with Crippen molar-refractivity contribution < 1.29 is 13.9 Å². The summed E-state index contributed by atoms with van der Waals surface area (Å²) in [6.07, 6.45) is 2.43. The quantitative estimate of drug-likeness (QED) is 0.714. The SMILES string of the molecule is CCCn1c(=NC(=O)c2ccco2)sc2cc(OCC)ccc21. The van der Waals surface area contributed by atoms with E-state index in [4.69, 9.17) is 9.15 Å². The lowest BCUT2D eigenvalue weighted by Crippen LogP contribution is -2.16. The highest BCUT2D eigenvalue weighted by atomic mass is 32.1. The van der Waals surface area contributed by atoms with Gasteiger partial charge in [-0.1, -0.05) is 18.3 Å². The number of aromatic nitrogens is 1. The van der Waals surface area contributed by atoms with Gasteiger partial charge in [0.05, 0.1) is 23.1 Å². The summed E-state index contributed by atoms with van der Waals surface area (Å²) in [6, 6.07) is 9.26. The Morgan fingerprint density at radius 2 is 2.22 bits per heavy atom. The fourth-order valence-electron chi connectivity index (χ4n) is 2.38. The van der Waals surface area contributed by atoms with Crippen molar-refractivity contribution in [3.05, 3.63) is 47.2 Å². The van der Waals surface area contributed by atoms with Crippen LogP contribution in [0.5, 0.6) is 5.75 Å². The zero-order valence-corrected chi connectivity index (χ0v) is 13.9. The van der Waals surface area contributed by atoms with Crippen LogP contribution in [-0.4, -0.2) is 17.1 Å². The van der Waals surface area contributed by atoms with E-state index in [1.54, 1.807) is 12.1 Å². The Morgan fingerprint density at radius 1 is 1.35 bits per heavy atom. The minimum Gasteiger partial charge on any atom is -0.494 e. The van der Waals surface area contributed by atoms with Crippen molar-refractivity contribution in [2.45, 2.75) is 26.8 Å². The molecule has 0 N–H and O–H groups in total. The third-order valence-corrected chi connectivity index (χ3v) is 4.38. The maximum absolute atomic E-state index is 12.2. The number of fused-ring (bicyclic) bond motifs is 1. The van der Waals surface area contributed by atoms with Gasteiger partial charge in [0.1, 0.15) is 5.75 Å². The fourth-order valence-corrected chi connectivity index (χ4v) is 3.46. The third-order valence-electron chi connectivity index (χ3n) is 3.34. The summed E-state index contributed by atoms with van der Waals surface area (Å²) in [7, 11) is 0. The van der Waals surface area contributed by atoms with Gasteiger partial charge >= 0.3 is 5.91 Å². The molecule has 6 heteroatoms. The van der Waals surface area contributed by atoms with Crippen molar-refractivity contribution in [1.29, 1.82) is 0 Å². The minimum absolute atomic E-state index is 0.250. The number of furan rings is 1. The van der Waals surface area contributed by atoms with E-state index in [2.05, 4.69) is 16.5 Å². The van der Waals surface area contributed by atoms with E-state index in [0.29, 0.717) is 11.4 Å². The third kappa shape index (κ3) is 3.22. The predicted molar refractivity (Wildman–Crippen MR) is 89.9 cm³/mol. The Kier molecular flexibility index (Phi) is 4.62. The maximum Gasteiger partial charge on any atom is 0.315 e. The minimum atomic E-state index is -0.364. The van der Waals surface area contributed by atoms with E-state index in [-0.39, 0.29) is 11.7 Å². The van der Waals surface area contributed by atoms with Crippen molar-refractivity contribution in [3.63, 3.8) is 0 Å². The molecule has 0 radical (unpaired) electrons. The van der Waals surface area contributed by atoms with Crippen LogP contribution in [-0.2, 0) is 6.54 Å². The van der Waals surface area contributed by atoms with Crippen molar-refractivity contribution in [3.8, 4) is 5.75 Å². The van der Waals surface area contributed by atoms with E-state index in [9.17, 15) is 4.79 Å². The molecule has 3 rings (SSSR count). The highest BCUT2D eigenvalue weighted by Gasteiger charge is 2.11. The van der Waals surface area contributed by atoms with Gasteiger partial charge in [-0.2, -0.15) is 4.99 Å². The lowest BCUT2D eigenvalue weighted by molar-refractivity contribution is 0.0971. The first kappa shape index (κ1) is 15.6. The van der Waals surface area contributed by atoms with E-state index >= 15 is 0 Å². The van der Waals surface area contributed by atoms with Crippen molar-refractivity contribution in [2.24, 2.45) is 4.99 Å². The van der Waals surface area contributed by atoms with Crippen LogP contribution in [0.4, 0.5) is 0 Å². The second-order valence-electron chi connectivity index (χ2n) is 4.99. The van der Waals surface area contributed by atoms with Crippen LogP contribution in [0, 0.1) is 0 Å². The van der Waals surface area contributed by atoms with Gasteiger partial charge in [0.25, 0.3) is 0 Å². The summed E-state index contributed by atoms with van der Waals surface area (Å²) < 4.78 is 13.8. The summed E-state index contributed by atoms with van der Waals surface area (Å²) in [5, 5.41) is 0. The van der Waals surface area contributed by atoms with Gasteiger partial charge in [-0.3, -0.25) is 4.79 Å². The monoisotopic (exact) mass is 330 g/mol. The summed E-state index contributed by atoms with van der Waals surface area (Å²) in [4.78, 5) is 17.1. The number of carbonyl (C=O) groups is 1. The van der Waals surface area contributed by atoms with Crippen LogP contribution in [0.1, 0.15) is 30.8 Å². The largest absolute Gasteiger partial charge is 0.494 e. The molecule has 0 fully saturated rings. The van der Waals surface area contributed by atoms with Crippen LogP contribution in [0.2, 0.25) is 0 Å². The van der Waals surface area contributed by atoms with Crippen molar-refractivity contribution >= 4 is 27.5 Å². The molecule has 23 heavy (non-hydrogen) atoms. The summed E-state index contributed by atoms with van der Waals surface area (Å²) in [5.41, 5.74) is 1.06. The van der Waals surface area contributed by atoms with E-state index in [1.807, 2.05) is 25.1 Å². The van der Waals surface area contributed by atoms with Crippen LogP contribution in [0.15, 0.2) is 46.0 Å². The zero-order valence-electron chi connectivity index (χ0n) is 13.1. The van der Waals surface area contributed by atoms with Crippen molar-refractivity contribution in [2.75, 3.05) is 6.61 Å². The number of thiazole rings is 1. The topological polar surface area (TPSA) is 56.7 Å². The zero-order chi connectivity index (χ0) is 16.2. The molecule has 1 aromatic carbocycles. The van der Waals surface area contributed by atoms with Gasteiger partial charge in [0, 0.05) is 6.54 Å². The standard InChI is InChI=1S/C17H18N2O3S/c1-3-9-19-13-8-7-12(21-4-2)11-15(13)23-17(19)18-16(20)14-6-5-10-22-14/h5-8,10-11H,3-4,9H2,1-2H3. The van der Waals surface area contributed by atoms with Gasteiger partial charge in [-0.05, 0) is 43.7 Å². The number of rotatable bonds is 5. The molecule has 0 atom stereocenters. The Labute approximate surface area is 137 Å². The summed E-state index contributed by atoms with van der Waals surface area (Å²) in [6.45, 7) is 5.49. The molecule has 3 aromatic rings. The number of aryl methyl sites for hydroxylation is 1. The lowest BCUT2D eigenvalue weighted by atomic mass is 10.3. The Morgan fingerprint density at radius 3 is 2.91 bits per heavy atom. The second kappa shape index (κ2) is 6.83. The molecule has 2 heterocycles. The molecule has 120 valence electrons. The number of hydrogen-bond acceptors (Lipinski definition) is 4. The smallest absolute Gasteiger partial charge is 0.315 e. The molecule has 0 spiro atoms. The molecule has 2 aromatic heterocycles. The predicted octanol–water partition coefficient (Wildman–Crippen LogP) is 3.85. The van der Waals surface area contributed by atoms with Gasteiger partial charge < -0.3 is 13.7 Å². The van der Waals surface area contributed by atoms with Crippen LogP contribution in [0.25, 0.3) is 10.2 Å².